The minimum absolute atomic E-state index is 0.703. The molecular formula is C10H15ClS. The van der Waals surface area contributed by atoms with Gasteiger partial charge in [0, 0.05) is 10.8 Å². The molecule has 12 heavy (non-hydrogen) atoms. The monoisotopic (exact) mass is 202 g/mol. The molecule has 0 nitrogen and oxygen atoms in total. The quantitative estimate of drug-likeness (QED) is 0.635. The van der Waals surface area contributed by atoms with Crippen LogP contribution in [0, 0.1) is 5.92 Å². The Morgan fingerprint density at radius 3 is 2.92 bits per heavy atom. The summed E-state index contributed by atoms with van der Waals surface area (Å²) in [5.41, 5.74) is 0. The summed E-state index contributed by atoms with van der Waals surface area (Å²) >= 11 is 7.65. The molecule has 0 saturated carbocycles. The Balaban J connectivity index is 2.25. The predicted octanol–water partition coefficient (Wildman–Crippen LogP) is 3.95. The molecule has 0 bridgehead atoms. The van der Waals surface area contributed by atoms with Gasteiger partial charge in [-0.15, -0.1) is 22.9 Å². The highest BCUT2D eigenvalue weighted by atomic mass is 35.5. The maximum atomic E-state index is 5.81. The van der Waals surface area contributed by atoms with E-state index in [0.717, 1.165) is 5.88 Å². The molecule has 1 rings (SSSR count). The van der Waals surface area contributed by atoms with E-state index in [1.54, 1.807) is 0 Å². The Kier molecular flexibility index (Phi) is 4.70. The van der Waals surface area contributed by atoms with Gasteiger partial charge >= 0.3 is 0 Å². The minimum Gasteiger partial charge on any atom is -0.149 e. The average Bonchev–Trinajstić information content (AvgIpc) is 2.59. The van der Waals surface area contributed by atoms with Gasteiger partial charge < -0.3 is 0 Å². The summed E-state index contributed by atoms with van der Waals surface area (Å²) in [6, 6.07) is 4.31. The van der Waals surface area contributed by atoms with Gasteiger partial charge in [-0.2, -0.15) is 0 Å². The second-order valence-electron chi connectivity index (χ2n) is 3.05. The second kappa shape index (κ2) is 5.60. The highest BCUT2D eigenvalue weighted by Crippen LogP contribution is 2.17. The Bertz CT molecular complexity index is 190. The van der Waals surface area contributed by atoms with E-state index >= 15 is 0 Å². The largest absolute Gasteiger partial charge is 0.149 e. The van der Waals surface area contributed by atoms with E-state index in [4.69, 9.17) is 11.6 Å². The van der Waals surface area contributed by atoms with E-state index in [-0.39, 0.29) is 0 Å². The SMILES string of the molecule is CCC(CCl)CCc1cccs1. The molecule has 1 aromatic heterocycles. The van der Waals surface area contributed by atoms with Crippen molar-refractivity contribution in [1.82, 2.24) is 0 Å². The van der Waals surface area contributed by atoms with Crippen LogP contribution in [0.5, 0.6) is 0 Å². The van der Waals surface area contributed by atoms with E-state index < -0.39 is 0 Å². The summed E-state index contributed by atoms with van der Waals surface area (Å²) < 4.78 is 0. The zero-order valence-electron chi connectivity index (χ0n) is 7.42. The number of rotatable bonds is 5. The lowest BCUT2D eigenvalue weighted by atomic mass is 10.0. The van der Waals surface area contributed by atoms with Gasteiger partial charge in [-0.1, -0.05) is 19.4 Å². The molecule has 1 heterocycles. The van der Waals surface area contributed by atoms with Crippen LogP contribution < -0.4 is 0 Å². The predicted molar refractivity (Wildman–Crippen MR) is 57.1 cm³/mol. The number of halogens is 1. The molecule has 0 aliphatic heterocycles. The highest BCUT2D eigenvalue weighted by Gasteiger charge is 2.04. The number of hydrogen-bond acceptors (Lipinski definition) is 1. The fraction of sp³-hybridized carbons (Fsp3) is 0.600. The van der Waals surface area contributed by atoms with Crippen molar-refractivity contribution in [2.24, 2.45) is 5.92 Å². The zero-order chi connectivity index (χ0) is 8.81. The lowest BCUT2D eigenvalue weighted by Gasteiger charge is -2.08. The number of alkyl halides is 1. The van der Waals surface area contributed by atoms with Crippen molar-refractivity contribution < 1.29 is 0 Å². The molecule has 0 aliphatic rings. The number of hydrogen-bond donors (Lipinski definition) is 0. The van der Waals surface area contributed by atoms with Gasteiger partial charge in [0.2, 0.25) is 0 Å². The Morgan fingerprint density at radius 2 is 2.42 bits per heavy atom. The molecule has 2 heteroatoms. The molecule has 0 aromatic carbocycles. The van der Waals surface area contributed by atoms with Gasteiger partial charge in [0.1, 0.15) is 0 Å². The first-order chi connectivity index (χ1) is 5.86. The lowest BCUT2D eigenvalue weighted by Crippen LogP contribution is -2.01. The summed E-state index contributed by atoms with van der Waals surface area (Å²) in [6.07, 6.45) is 3.64. The first-order valence-electron chi connectivity index (χ1n) is 4.45. The Morgan fingerprint density at radius 1 is 1.58 bits per heavy atom. The van der Waals surface area contributed by atoms with Crippen molar-refractivity contribution in [2.75, 3.05) is 5.88 Å². The van der Waals surface area contributed by atoms with E-state index in [1.165, 1.54) is 24.1 Å². The summed E-state index contributed by atoms with van der Waals surface area (Å²) in [6.45, 7) is 2.21. The molecule has 0 amide bonds. The van der Waals surface area contributed by atoms with Crippen LogP contribution in [0.3, 0.4) is 0 Å². The highest BCUT2D eigenvalue weighted by molar-refractivity contribution is 7.09. The van der Waals surface area contributed by atoms with E-state index in [0.29, 0.717) is 5.92 Å². The normalized spacial score (nSPS) is 13.2. The molecule has 68 valence electrons. The van der Waals surface area contributed by atoms with Crippen LogP contribution in [-0.2, 0) is 6.42 Å². The molecule has 0 N–H and O–H groups in total. The third-order valence-electron chi connectivity index (χ3n) is 2.17. The molecule has 1 unspecified atom stereocenters. The molecule has 0 saturated heterocycles. The second-order valence-corrected chi connectivity index (χ2v) is 4.39. The van der Waals surface area contributed by atoms with Crippen molar-refractivity contribution >= 4 is 22.9 Å². The fourth-order valence-corrected chi connectivity index (χ4v) is 2.29. The maximum Gasteiger partial charge on any atom is 0.0251 e. The van der Waals surface area contributed by atoms with Crippen molar-refractivity contribution in [3.05, 3.63) is 22.4 Å². The first kappa shape index (κ1) is 10.1. The maximum absolute atomic E-state index is 5.81. The van der Waals surface area contributed by atoms with Crippen LogP contribution in [0.25, 0.3) is 0 Å². The summed E-state index contributed by atoms with van der Waals surface area (Å²) in [4.78, 5) is 1.48. The smallest absolute Gasteiger partial charge is 0.0251 e. The molecule has 0 radical (unpaired) electrons. The van der Waals surface area contributed by atoms with Gasteiger partial charge in [0.05, 0.1) is 0 Å². The zero-order valence-corrected chi connectivity index (χ0v) is 9.00. The molecule has 1 atom stereocenters. The van der Waals surface area contributed by atoms with Crippen molar-refractivity contribution in [1.29, 1.82) is 0 Å². The Hall–Kier alpha value is -0.0100. The third kappa shape index (κ3) is 3.16. The van der Waals surface area contributed by atoms with Crippen molar-refractivity contribution in [2.45, 2.75) is 26.2 Å². The fourth-order valence-electron chi connectivity index (χ4n) is 1.19. The van der Waals surface area contributed by atoms with Gasteiger partial charge in [-0.25, -0.2) is 0 Å². The molecule has 1 aromatic rings. The summed E-state index contributed by atoms with van der Waals surface area (Å²) in [7, 11) is 0. The molecule has 0 fully saturated rings. The molecule has 0 aliphatic carbocycles. The van der Waals surface area contributed by atoms with Gasteiger partial charge in [0.15, 0.2) is 0 Å². The number of thiophene rings is 1. The van der Waals surface area contributed by atoms with Crippen LogP contribution in [0.15, 0.2) is 17.5 Å². The van der Waals surface area contributed by atoms with Crippen molar-refractivity contribution in [3.63, 3.8) is 0 Å². The lowest BCUT2D eigenvalue weighted by molar-refractivity contribution is 0.524. The molecule has 0 spiro atoms. The topological polar surface area (TPSA) is 0 Å². The van der Waals surface area contributed by atoms with Crippen LogP contribution in [0.2, 0.25) is 0 Å². The Labute approximate surface area is 83.6 Å². The van der Waals surface area contributed by atoms with E-state index in [9.17, 15) is 0 Å². The van der Waals surface area contributed by atoms with Crippen LogP contribution >= 0.6 is 22.9 Å². The van der Waals surface area contributed by atoms with E-state index in [1.807, 2.05) is 11.3 Å². The van der Waals surface area contributed by atoms with Crippen molar-refractivity contribution in [3.8, 4) is 0 Å². The van der Waals surface area contributed by atoms with Gasteiger partial charge in [0.25, 0.3) is 0 Å². The van der Waals surface area contributed by atoms with Crippen LogP contribution in [-0.4, -0.2) is 5.88 Å². The van der Waals surface area contributed by atoms with E-state index in [2.05, 4.69) is 24.4 Å². The third-order valence-corrected chi connectivity index (χ3v) is 3.55. The summed E-state index contributed by atoms with van der Waals surface area (Å²) in [5, 5.41) is 2.14. The average molecular weight is 203 g/mol. The first-order valence-corrected chi connectivity index (χ1v) is 5.86. The van der Waals surface area contributed by atoms with Gasteiger partial charge in [-0.3, -0.25) is 0 Å². The minimum atomic E-state index is 0.703. The summed E-state index contributed by atoms with van der Waals surface area (Å²) in [5.74, 6) is 1.51. The van der Waals surface area contributed by atoms with Crippen LogP contribution in [0.1, 0.15) is 24.6 Å². The number of aryl methyl sites for hydroxylation is 1. The van der Waals surface area contributed by atoms with Gasteiger partial charge in [-0.05, 0) is 30.2 Å². The molecular weight excluding hydrogens is 188 g/mol. The van der Waals surface area contributed by atoms with Crippen LogP contribution in [0.4, 0.5) is 0 Å². The standard InChI is InChI=1S/C10H15ClS/c1-2-9(8-11)5-6-10-4-3-7-12-10/h3-4,7,9H,2,5-6,8H2,1H3.